The molecule has 0 amide bonds. The second kappa shape index (κ2) is 54.1. The van der Waals surface area contributed by atoms with E-state index in [2.05, 4.69) is 118 Å². The molecule has 9 heterocycles. The number of aliphatic hydroxyl groups is 1. The maximum absolute atomic E-state index is 11.3. The number of aromatic nitrogens is 8. The van der Waals surface area contributed by atoms with Crippen molar-refractivity contribution in [1.29, 1.82) is 0 Å². The first-order chi connectivity index (χ1) is 50.8. The average Bonchev–Trinajstić information content (AvgIpc) is 1.77. The monoisotopic (exact) mass is 1690 g/mol. The van der Waals surface area contributed by atoms with Gasteiger partial charge in [0.05, 0.1) is 152 Å². The maximum atomic E-state index is 11.3. The van der Waals surface area contributed by atoms with Crippen molar-refractivity contribution >= 4 is 138 Å². The number of benzene rings is 3. The SMILES string of the molecule is C=C.C=CC(=O)OC.COC(=O)C1COCC1=O.COC(=O)CO.COc1cc(N)cc(OC)c1.COc1cc(Nc2nc(SC)nc3c2COC3)cc(OC)c1.COc1cc(Nc2ncnc3c2COC3)cc(OC)c1.CSc1nc(Cl)c2c(n1)COC2.CSc1nc2c(c(=O)[nH]1)COC2.O=P(Cl)(Cl)Cl.[HH].[K+].[OH-]. The van der Waals surface area contributed by atoms with E-state index in [1.54, 1.807) is 60.9 Å². The molecule has 0 aliphatic carbocycles. The van der Waals surface area contributed by atoms with E-state index in [0.717, 1.165) is 73.7 Å². The van der Waals surface area contributed by atoms with Gasteiger partial charge >= 0.3 is 74.5 Å². The summed E-state index contributed by atoms with van der Waals surface area (Å²) in [4.78, 5) is 85.1. The van der Waals surface area contributed by atoms with Gasteiger partial charge in [-0.05, 0) is 52.5 Å². The molecule has 5 aliphatic heterocycles. The Hall–Kier alpha value is -6.66. The van der Waals surface area contributed by atoms with Gasteiger partial charge in [0.25, 0.3) is 5.56 Å². The van der Waals surface area contributed by atoms with Crippen LogP contribution in [0.5, 0.6) is 34.5 Å². The van der Waals surface area contributed by atoms with Crippen molar-refractivity contribution in [3.05, 3.63) is 147 Å². The van der Waals surface area contributed by atoms with Gasteiger partial charge in [-0.25, -0.2) is 44.5 Å². The quantitative estimate of drug-likeness (QED) is 0.00517. The summed E-state index contributed by atoms with van der Waals surface area (Å²) in [5.74, 6) is 3.45. The summed E-state index contributed by atoms with van der Waals surface area (Å²) in [6, 6.07) is 16.4. The maximum Gasteiger partial charge on any atom is 1.00 e. The molecule has 33 nitrogen and oxygen atoms in total. The number of methoxy groups -OCH3 is 9. The van der Waals surface area contributed by atoms with Gasteiger partial charge in [0.15, 0.2) is 21.3 Å². The van der Waals surface area contributed by atoms with Crippen LogP contribution in [0.4, 0.5) is 28.7 Å². The van der Waals surface area contributed by atoms with E-state index in [4.69, 9.17) is 74.5 Å². The third-order valence-electron chi connectivity index (χ3n) is 13.4. The number of aliphatic hydroxyl groups excluding tert-OH is 1. The molecule has 7 aromatic rings. The van der Waals surface area contributed by atoms with E-state index in [0.29, 0.717) is 114 Å². The number of anilines is 5. The molecule has 108 heavy (non-hydrogen) atoms. The Bertz CT molecular complexity index is 4060. The Balaban J connectivity index is 0.00000124. The molecule has 1 saturated heterocycles. The van der Waals surface area contributed by atoms with Crippen LogP contribution in [0.25, 0.3) is 0 Å². The second-order valence-corrected chi connectivity index (χ2v) is 29.4. The van der Waals surface area contributed by atoms with E-state index < -0.39 is 35.6 Å². The number of hydrogen-bond acceptors (Lipinski definition) is 35. The summed E-state index contributed by atoms with van der Waals surface area (Å²) in [6.07, 6.45) is 8.40. The van der Waals surface area contributed by atoms with Gasteiger partial charge in [-0.1, -0.05) is 53.5 Å². The van der Waals surface area contributed by atoms with Crippen LogP contribution >= 0.6 is 85.8 Å². The predicted octanol–water partition coefficient (Wildman–Crippen LogP) is 8.51. The first-order valence-corrected chi connectivity index (χ1v) is 38.8. The molecule has 5 aliphatic rings. The molecule has 0 bridgehead atoms. The van der Waals surface area contributed by atoms with Crippen LogP contribution in [-0.2, 0) is 114 Å². The second-order valence-electron chi connectivity index (χ2n) is 20.0. The number of halogens is 4. The number of esters is 3. The number of fused-ring (bicyclic) bond motifs is 4. The van der Waals surface area contributed by atoms with Crippen LogP contribution in [0.3, 0.4) is 0 Å². The average molecular weight is 1690 g/mol. The molecule has 1 atom stereocenters. The Kier molecular flexibility index (Phi) is 49.7. The van der Waals surface area contributed by atoms with Crippen molar-refractivity contribution in [1.82, 2.24) is 39.9 Å². The Labute approximate surface area is 700 Å². The molecular formula is C66H85Cl4KN11O22PS3. The molecule has 7 N–H and O–H groups in total. The third-order valence-corrected chi connectivity index (χ3v) is 15.4. The standard InChI is InChI=1S/C15H17N3O3S.C14H15N3O3.C8H11NO2.C7H7ClN2OS.C7H8N2O2S.C6H8O4.C4H6O2.C3H6O3.C2H4.Cl3OP.K.H2O.H2/c1-19-10-4-9(5-11(6-10)20-2)16-14-12-7-21-8-13(12)17-15(18-14)22-3;1-18-10-3-9(4-11(5-10)19-2)17-14-12-6-20-7-13(12)15-8-16-14;1-10-7-3-6(9)4-8(5-7)11-2;1-12-7-9-5-3-11-2-4(5)6(8)10-7;1-12-7-8-5-3-11-2-4(5)6(10)9-7;1-9-6(8)4-2-10-3-5(4)7;1-3-4(5)6-2;1-6-3(5)2-4;1-2;1-5(2,3)4;;;/h4-6H,7-8H2,1-3H3,(H,16,17,18);3-5,8H,6-7H2,1-2H3,(H,15,16,17);3-5H,9H2,1-2H3;2-3H2,1H3;2-3H2,1H3,(H,8,9,10);4H,2-3H2,1H3;3H,1H2,2H3;4H,2H2,1H3;1-2H2;;;1H2;1H/q;;;;;;;;;;+1;;/p-1. The van der Waals surface area contributed by atoms with Gasteiger partial charge in [0, 0.05) is 95.9 Å². The van der Waals surface area contributed by atoms with Crippen molar-refractivity contribution in [2.45, 2.75) is 68.3 Å². The number of carbonyl (C=O) groups is 4. The fourth-order valence-corrected chi connectivity index (χ4v) is 9.80. The fraction of sp³-hybridized carbons (Fsp3) is 0.364. The number of Topliss-reactive ketones (excluding diaryl/α,β-unsaturated/α-hetero) is 1. The number of nitrogens with zero attached hydrogens (tertiary/aromatic N) is 7. The van der Waals surface area contributed by atoms with Crippen LogP contribution in [0.1, 0.15) is 46.5 Å². The fourth-order valence-electron chi connectivity index (χ4n) is 8.35. The number of carbonyl (C=O) groups excluding carboxylic acids is 4. The molecule has 3 aromatic carbocycles. The van der Waals surface area contributed by atoms with Gasteiger partial charge < -0.3 is 98.3 Å². The largest absolute Gasteiger partial charge is 1.00 e. The minimum Gasteiger partial charge on any atom is -0.870 e. The van der Waals surface area contributed by atoms with Crippen LogP contribution in [0, 0.1) is 5.92 Å². The van der Waals surface area contributed by atoms with Crippen molar-refractivity contribution < 1.29 is 153 Å². The summed E-state index contributed by atoms with van der Waals surface area (Å²) in [6.45, 7) is 12.9. The Morgan fingerprint density at radius 3 is 1.40 bits per heavy atom. The predicted molar refractivity (Wildman–Crippen MR) is 408 cm³/mol. The number of thioether (sulfide) groups is 3. The van der Waals surface area contributed by atoms with E-state index in [-0.39, 0.29) is 82.8 Å². The number of hydrogen-bond donors (Lipinski definition) is 5. The molecule has 0 spiro atoms. The zero-order chi connectivity index (χ0) is 78.9. The van der Waals surface area contributed by atoms with E-state index in [1.807, 2.05) is 55.2 Å². The number of H-pyrrole nitrogens is 1. The Morgan fingerprint density at radius 1 is 0.593 bits per heavy atom. The molecule has 12 rings (SSSR count). The van der Waals surface area contributed by atoms with Gasteiger partial charge in [0.2, 0.25) is 0 Å². The normalized spacial score (nSPS) is 12.9. The van der Waals surface area contributed by atoms with E-state index in [1.165, 1.54) is 62.9 Å². The number of nitrogens with one attached hydrogen (secondary N) is 3. The van der Waals surface area contributed by atoms with Crippen LogP contribution in [0.2, 0.25) is 5.15 Å². The number of nitrogens with two attached hydrogens (primary N) is 1. The zero-order valence-corrected chi connectivity index (χ0v) is 70.8. The summed E-state index contributed by atoms with van der Waals surface area (Å²) in [5, 5.41) is 13.8. The van der Waals surface area contributed by atoms with Crippen molar-refractivity contribution in [2.24, 2.45) is 5.92 Å². The molecule has 4 aromatic heterocycles. The summed E-state index contributed by atoms with van der Waals surface area (Å²) in [7, 11) is 13.5. The molecule has 1 fully saturated rings. The van der Waals surface area contributed by atoms with Gasteiger partial charge in [-0.2, -0.15) is 0 Å². The number of nitrogen functional groups attached to an aromatic ring is 1. The minimum atomic E-state index is -3.22. The summed E-state index contributed by atoms with van der Waals surface area (Å²) in [5.41, 5.74) is 15.0. The van der Waals surface area contributed by atoms with Gasteiger partial charge in [-0.15, -0.1) is 13.2 Å². The number of ether oxygens (including phenoxy) is 14. The molecule has 42 heteroatoms. The number of rotatable bonds is 16. The van der Waals surface area contributed by atoms with E-state index >= 15 is 0 Å². The van der Waals surface area contributed by atoms with E-state index in [9.17, 15) is 28.5 Å². The molecule has 1 unspecified atom stereocenters. The Morgan fingerprint density at radius 2 is 1.01 bits per heavy atom. The van der Waals surface area contributed by atoms with Gasteiger partial charge in [0.1, 0.15) is 76.7 Å². The van der Waals surface area contributed by atoms with Crippen LogP contribution in [-0.4, -0.2) is 177 Å². The molecule has 588 valence electrons. The van der Waals surface area contributed by atoms with Crippen molar-refractivity contribution in [2.75, 3.05) is 119 Å². The topological polar surface area (TPSA) is 438 Å². The zero-order valence-electron chi connectivity index (χ0n) is 61.3. The first-order valence-electron chi connectivity index (χ1n) is 30.4. The molecule has 0 radical (unpaired) electrons. The van der Waals surface area contributed by atoms with Crippen LogP contribution in [0.15, 0.2) is 107 Å². The third kappa shape index (κ3) is 35.1. The number of ketones is 1. The van der Waals surface area contributed by atoms with Gasteiger partial charge in [-0.3, -0.25) is 18.9 Å². The smallest absolute Gasteiger partial charge is 0.870 e. The summed E-state index contributed by atoms with van der Waals surface area (Å²) < 4.78 is 79.0. The minimum absolute atomic E-state index is 0. The van der Waals surface area contributed by atoms with Crippen molar-refractivity contribution in [3.63, 3.8) is 0 Å². The summed E-state index contributed by atoms with van der Waals surface area (Å²) >= 11 is 24.2. The molecular weight excluding hydrogens is 1610 g/mol. The van der Waals surface area contributed by atoms with Crippen LogP contribution < -0.4 is 102 Å². The number of aromatic amines is 1. The first kappa shape index (κ1) is 99.3. The molecule has 0 saturated carbocycles. The van der Waals surface area contributed by atoms with Crippen molar-refractivity contribution in [3.8, 4) is 34.5 Å².